The van der Waals surface area contributed by atoms with Crippen molar-refractivity contribution in [3.63, 3.8) is 0 Å². The minimum absolute atomic E-state index is 0.0541. The molecule has 2 aromatic rings. The van der Waals surface area contributed by atoms with Crippen molar-refractivity contribution in [1.82, 2.24) is 4.90 Å². The van der Waals surface area contributed by atoms with Crippen LogP contribution in [-0.4, -0.2) is 59.6 Å². The van der Waals surface area contributed by atoms with Crippen LogP contribution in [0.3, 0.4) is 0 Å². The SMILES string of the molecule is C=C(C)c1ccc(OCCN(C[C@H](O)c2ccc(Cl)c(N)c2)C(=O)OC(C)(C)C)cc1N(CC)C(=O)OC(C)(C)C. The second-order valence-electron chi connectivity index (χ2n) is 11.8. The molecule has 0 bridgehead atoms. The van der Waals surface area contributed by atoms with Gasteiger partial charge in [-0.15, -0.1) is 0 Å². The first-order valence-corrected chi connectivity index (χ1v) is 13.9. The minimum atomic E-state index is -1.03. The molecule has 2 rings (SSSR count). The summed E-state index contributed by atoms with van der Waals surface area (Å²) in [5.41, 5.74) is 7.52. The standard InChI is InChI=1S/C31H44ClN3O6/c1-10-35(29(38)41-31(7,8)9)26-18-22(12-13-23(26)20(2)3)39-16-15-34(28(37)40-30(4,5)6)19-27(36)21-11-14-24(32)25(33)17-21/h11-14,17-18,27,36H,2,10,15-16,19,33H2,1,3-9H3/t27-/m0/s1. The first-order chi connectivity index (χ1) is 18.9. The minimum Gasteiger partial charge on any atom is -0.492 e. The molecule has 0 spiro atoms. The number of hydrogen-bond donors (Lipinski definition) is 2. The van der Waals surface area contributed by atoms with Crippen molar-refractivity contribution in [3.8, 4) is 5.75 Å². The molecule has 10 heteroatoms. The zero-order valence-electron chi connectivity index (χ0n) is 25.4. The highest BCUT2D eigenvalue weighted by Gasteiger charge is 2.26. The van der Waals surface area contributed by atoms with Crippen LogP contribution in [0.4, 0.5) is 21.0 Å². The van der Waals surface area contributed by atoms with Crippen molar-refractivity contribution in [1.29, 1.82) is 0 Å². The number of nitrogens with zero attached hydrogens (tertiary/aromatic N) is 2. The highest BCUT2D eigenvalue weighted by Crippen LogP contribution is 2.32. The number of anilines is 2. The Balaban J connectivity index is 2.25. The summed E-state index contributed by atoms with van der Waals surface area (Å²) in [6, 6.07) is 10.2. The van der Waals surface area contributed by atoms with E-state index in [-0.39, 0.29) is 19.7 Å². The molecule has 41 heavy (non-hydrogen) atoms. The summed E-state index contributed by atoms with van der Waals surface area (Å²) in [6.45, 7) is 19.0. The number of halogens is 1. The van der Waals surface area contributed by atoms with Crippen LogP contribution in [0.5, 0.6) is 5.75 Å². The number of carbonyl (C=O) groups is 2. The van der Waals surface area contributed by atoms with Crippen LogP contribution in [0.15, 0.2) is 43.0 Å². The number of amides is 2. The van der Waals surface area contributed by atoms with Crippen LogP contribution in [-0.2, 0) is 9.47 Å². The Morgan fingerprint density at radius 3 is 2.17 bits per heavy atom. The molecule has 3 N–H and O–H groups in total. The first-order valence-electron chi connectivity index (χ1n) is 13.6. The van der Waals surface area contributed by atoms with Crippen molar-refractivity contribution in [2.75, 3.05) is 36.9 Å². The molecule has 0 unspecified atom stereocenters. The first kappa shape index (κ1) is 33.8. The Morgan fingerprint density at radius 2 is 1.63 bits per heavy atom. The fourth-order valence-electron chi connectivity index (χ4n) is 3.84. The van der Waals surface area contributed by atoms with E-state index in [2.05, 4.69) is 6.58 Å². The van der Waals surface area contributed by atoms with E-state index in [1.807, 2.05) is 40.7 Å². The van der Waals surface area contributed by atoms with Crippen LogP contribution in [0.1, 0.15) is 72.6 Å². The molecule has 2 aromatic carbocycles. The van der Waals surface area contributed by atoms with Crippen LogP contribution < -0.4 is 15.4 Å². The molecule has 226 valence electrons. The molecule has 0 aromatic heterocycles. The lowest BCUT2D eigenvalue weighted by Gasteiger charge is -2.29. The average Bonchev–Trinajstić information content (AvgIpc) is 2.83. The molecule has 0 radical (unpaired) electrons. The molecule has 0 fully saturated rings. The predicted octanol–water partition coefficient (Wildman–Crippen LogP) is 7.07. The molecule has 0 heterocycles. The number of rotatable bonds is 10. The number of carbonyl (C=O) groups excluding carboxylic acids is 2. The molecule has 2 amide bonds. The van der Waals surface area contributed by atoms with Crippen molar-refractivity contribution < 1.29 is 28.9 Å². The Hall–Kier alpha value is -3.43. The molecule has 0 aliphatic heterocycles. The lowest BCUT2D eigenvalue weighted by molar-refractivity contribution is 0.0117. The van der Waals surface area contributed by atoms with E-state index in [1.165, 1.54) is 9.80 Å². The smallest absolute Gasteiger partial charge is 0.414 e. The summed E-state index contributed by atoms with van der Waals surface area (Å²) >= 11 is 6.01. The van der Waals surface area contributed by atoms with Gasteiger partial charge in [0.25, 0.3) is 0 Å². The molecular formula is C31H44ClN3O6. The quantitative estimate of drug-likeness (QED) is 0.285. The van der Waals surface area contributed by atoms with Gasteiger partial charge in [0.1, 0.15) is 23.6 Å². The van der Waals surface area contributed by atoms with E-state index in [0.717, 1.165) is 11.1 Å². The van der Waals surface area contributed by atoms with Gasteiger partial charge in [-0.25, -0.2) is 9.59 Å². The monoisotopic (exact) mass is 589 g/mol. The van der Waals surface area contributed by atoms with Crippen molar-refractivity contribution in [2.45, 2.75) is 72.7 Å². The molecule has 0 aliphatic carbocycles. The van der Waals surface area contributed by atoms with Gasteiger partial charge in [-0.1, -0.05) is 24.2 Å². The van der Waals surface area contributed by atoms with Gasteiger partial charge in [0.15, 0.2) is 0 Å². The van der Waals surface area contributed by atoms with Gasteiger partial charge in [0, 0.05) is 18.2 Å². The number of allylic oxidation sites excluding steroid dienone is 1. The Labute approximate surface area is 248 Å². The van der Waals surface area contributed by atoms with E-state index in [1.54, 1.807) is 51.1 Å². The zero-order valence-corrected chi connectivity index (χ0v) is 26.2. The number of nitrogen functional groups attached to an aromatic ring is 1. The Kier molecular flexibility index (Phi) is 11.5. The topological polar surface area (TPSA) is 115 Å². The number of aliphatic hydroxyl groups is 1. The van der Waals surface area contributed by atoms with E-state index < -0.39 is 29.5 Å². The third kappa shape index (κ3) is 10.5. The maximum absolute atomic E-state index is 13.0. The van der Waals surface area contributed by atoms with Crippen molar-refractivity contribution in [3.05, 3.63) is 59.1 Å². The highest BCUT2D eigenvalue weighted by atomic mass is 35.5. The lowest BCUT2D eigenvalue weighted by Crippen LogP contribution is -2.41. The fraction of sp³-hybridized carbons (Fsp3) is 0.484. The molecular weight excluding hydrogens is 546 g/mol. The van der Waals surface area contributed by atoms with Gasteiger partial charge in [-0.3, -0.25) is 4.90 Å². The van der Waals surface area contributed by atoms with Gasteiger partial charge in [0.05, 0.1) is 35.6 Å². The van der Waals surface area contributed by atoms with Gasteiger partial charge < -0.3 is 30.0 Å². The third-order valence-corrected chi connectivity index (χ3v) is 6.07. The number of nitrogens with two attached hydrogens (primary N) is 1. The van der Waals surface area contributed by atoms with E-state index in [4.69, 9.17) is 31.5 Å². The fourth-order valence-corrected chi connectivity index (χ4v) is 3.96. The number of aliphatic hydroxyl groups excluding tert-OH is 1. The summed E-state index contributed by atoms with van der Waals surface area (Å²) < 4.78 is 17.2. The summed E-state index contributed by atoms with van der Waals surface area (Å²) in [5, 5.41) is 11.2. The second-order valence-corrected chi connectivity index (χ2v) is 12.2. The van der Waals surface area contributed by atoms with E-state index in [9.17, 15) is 14.7 Å². The van der Waals surface area contributed by atoms with Gasteiger partial charge in [-0.2, -0.15) is 0 Å². The maximum atomic E-state index is 13.0. The normalized spacial score (nSPS) is 12.3. The van der Waals surface area contributed by atoms with Crippen molar-refractivity contribution in [2.24, 2.45) is 0 Å². The summed E-state index contributed by atoms with van der Waals surface area (Å²) in [7, 11) is 0. The van der Waals surface area contributed by atoms with E-state index in [0.29, 0.717) is 34.3 Å². The van der Waals surface area contributed by atoms with Gasteiger partial charge >= 0.3 is 12.2 Å². The van der Waals surface area contributed by atoms with Crippen molar-refractivity contribution >= 4 is 40.7 Å². The summed E-state index contributed by atoms with van der Waals surface area (Å²) in [5.74, 6) is 0.488. The molecule has 1 atom stereocenters. The number of benzene rings is 2. The molecule has 0 saturated carbocycles. The Bertz CT molecular complexity index is 1240. The predicted molar refractivity (Wildman–Crippen MR) is 165 cm³/mol. The maximum Gasteiger partial charge on any atom is 0.414 e. The van der Waals surface area contributed by atoms with Crippen LogP contribution in [0.2, 0.25) is 5.02 Å². The number of hydrogen-bond acceptors (Lipinski definition) is 7. The largest absolute Gasteiger partial charge is 0.492 e. The lowest BCUT2D eigenvalue weighted by atomic mass is 10.1. The zero-order chi connectivity index (χ0) is 31.1. The molecule has 9 nitrogen and oxygen atoms in total. The second kappa shape index (κ2) is 14.0. The van der Waals surface area contributed by atoms with E-state index >= 15 is 0 Å². The van der Waals surface area contributed by atoms with Gasteiger partial charge in [0.2, 0.25) is 0 Å². The summed E-state index contributed by atoms with van der Waals surface area (Å²) in [4.78, 5) is 28.9. The van der Waals surface area contributed by atoms with Crippen LogP contribution in [0.25, 0.3) is 5.57 Å². The van der Waals surface area contributed by atoms with Gasteiger partial charge in [-0.05, 0) is 90.8 Å². The molecule has 0 aliphatic rings. The third-order valence-electron chi connectivity index (χ3n) is 5.73. The summed E-state index contributed by atoms with van der Waals surface area (Å²) in [6.07, 6.45) is -2.11. The highest BCUT2D eigenvalue weighted by molar-refractivity contribution is 6.33. The Morgan fingerprint density at radius 1 is 1.02 bits per heavy atom. The van der Waals surface area contributed by atoms with Crippen LogP contribution in [0, 0.1) is 0 Å². The number of ether oxygens (including phenoxy) is 3. The molecule has 0 saturated heterocycles. The average molecular weight is 590 g/mol. The van der Waals surface area contributed by atoms with Crippen LogP contribution >= 0.6 is 11.6 Å².